The van der Waals surface area contributed by atoms with E-state index in [0.717, 1.165) is 43.9 Å². The van der Waals surface area contributed by atoms with Gasteiger partial charge in [0.15, 0.2) is 0 Å². The SMILES string of the molecule is CNCC1CCN(C(=O)c2csc(Cc3ccccc3)n2)CC1.Cl.Cl. The molecule has 1 aromatic carbocycles. The summed E-state index contributed by atoms with van der Waals surface area (Å²) in [6, 6.07) is 10.3. The van der Waals surface area contributed by atoms with Crippen LogP contribution in [0.15, 0.2) is 35.7 Å². The zero-order valence-corrected chi connectivity index (χ0v) is 16.8. The van der Waals surface area contributed by atoms with Crippen molar-refractivity contribution in [1.29, 1.82) is 0 Å². The highest BCUT2D eigenvalue weighted by Gasteiger charge is 2.24. The van der Waals surface area contributed by atoms with Crippen LogP contribution in [-0.2, 0) is 6.42 Å². The van der Waals surface area contributed by atoms with Crippen molar-refractivity contribution >= 4 is 42.1 Å². The summed E-state index contributed by atoms with van der Waals surface area (Å²) >= 11 is 1.58. The van der Waals surface area contributed by atoms with Gasteiger partial charge >= 0.3 is 0 Å². The quantitative estimate of drug-likeness (QED) is 0.831. The molecule has 3 rings (SSSR count). The van der Waals surface area contributed by atoms with Crippen molar-refractivity contribution in [1.82, 2.24) is 15.2 Å². The maximum Gasteiger partial charge on any atom is 0.273 e. The van der Waals surface area contributed by atoms with Crippen molar-refractivity contribution in [3.8, 4) is 0 Å². The van der Waals surface area contributed by atoms with E-state index in [2.05, 4.69) is 22.4 Å². The Morgan fingerprint density at radius 1 is 1.24 bits per heavy atom. The van der Waals surface area contributed by atoms with Crippen LogP contribution in [0.4, 0.5) is 0 Å². The minimum atomic E-state index is 0. The zero-order chi connectivity index (χ0) is 16.1. The van der Waals surface area contributed by atoms with Gasteiger partial charge in [-0.05, 0) is 37.9 Å². The number of aromatic nitrogens is 1. The van der Waals surface area contributed by atoms with E-state index in [-0.39, 0.29) is 30.7 Å². The minimum absolute atomic E-state index is 0. The summed E-state index contributed by atoms with van der Waals surface area (Å²) in [6.07, 6.45) is 2.95. The van der Waals surface area contributed by atoms with E-state index in [0.29, 0.717) is 11.6 Å². The lowest BCUT2D eigenvalue weighted by Gasteiger charge is -2.31. The summed E-state index contributed by atoms with van der Waals surface area (Å²) in [5, 5.41) is 6.13. The van der Waals surface area contributed by atoms with Crippen molar-refractivity contribution in [3.63, 3.8) is 0 Å². The molecule has 25 heavy (non-hydrogen) atoms. The van der Waals surface area contributed by atoms with Crippen molar-refractivity contribution in [2.75, 3.05) is 26.7 Å². The molecule has 0 saturated carbocycles. The second-order valence-corrected chi connectivity index (χ2v) is 7.02. The number of piperidine rings is 1. The van der Waals surface area contributed by atoms with Gasteiger partial charge < -0.3 is 10.2 Å². The molecule has 0 spiro atoms. The summed E-state index contributed by atoms with van der Waals surface area (Å²) in [5.41, 5.74) is 1.83. The molecular weight excluding hydrogens is 377 g/mol. The summed E-state index contributed by atoms with van der Waals surface area (Å²) in [5.74, 6) is 0.775. The number of thiazole rings is 1. The molecule has 1 aromatic heterocycles. The second kappa shape index (κ2) is 10.8. The molecule has 4 nitrogen and oxygen atoms in total. The second-order valence-electron chi connectivity index (χ2n) is 6.08. The predicted octanol–water partition coefficient (Wildman–Crippen LogP) is 3.65. The van der Waals surface area contributed by atoms with Gasteiger partial charge in [0, 0.05) is 24.9 Å². The van der Waals surface area contributed by atoms with E-state index >= 15 is 0 Å². The molecule has 1 N–H and O–H groups in total. The van der Waals surface area contributed by atoms with Gasteiger partial charge in [-0.2, -0.15) is 0 Å². The molecule has 2 aromatic rings. The summed E-state index contributed by atoms with van der Waals surface area (Å²) < 4.78 is 0. The summed E-state index contributed by atoms with van der Waals surface area (Å²) in [6.45, 7) is 2.73. The molecule has 1 fully saturated rings. The molecule has 1 aliphatic heterocycles. The third-order valence-electron chi connectivity index (χ3n) is 4.36. The molecule has 138 valence electrons. The van der Waals surface area contributed by atoms with Crippen molar-refractivity contribution < 1.29 is 4.79 Å². The topological polar surface area (TPSA) is 45.2 Å². The van der Waals surface area contributed by atoms with Crippen LogP contribution in [0, 0.1) is 5.92 Å². The smallest absolute Gasteiger partial charge is 0.273 e. The third kappa shape index (κ3) is 5.96. The number of carbonyl (C=O) groups excluding carboxylic acids is 1. The minimum Gasteiger partial charge on any atom is -0.337 e. The Kier molecular flexibility index (Phi) is 9.43. The van der Waals surface area contributed by atoms with E-state index in [1.54, 1.807) is 11.3 Å². The largest absolute Gasteiger partial charge is 0.337 e. The Morgan fingerprint density at radius 3 is 2.56 bits per heavy atom. The number of nitrogens with zero attached hydrogens (tertiary/aromatic N) is 2. The first-order valence-electron chi connectivity index (χ1n) is 8.18. The van der Waals surface area contributed by atoms with Gasteiger partial charge in [-0.25, -0.2) is 4.98 Å². The van der Waals surface area contributed by atoms with Crippen LogP contribution in [0.5, 0.6) is 0 Å². The van der Waals surface area contributed by atoms with Crippen molar-refractivity contribution in [2.45, 2.75) is 19.3 Å². The number of hydrogen-bond donors (Lipinski definition) is 1. The highest BCUT2D eigenvalue weighted by Crippen LogP contribution is 2.20. The Bertz CT molecular complexity index is 643. The van der Waals surface area contributed by atoms with E-state index in [1.807, 2.05) is 35.5 Å². The highest BCUT2D eigenvalue weighted by atomic mass is 35.5. The fourth-order valence-electron chi connectivity index (χ4n) is 3.05. The predicted molar refractivity (Wildman–Crippen MR) is 108 cm³/mol. The average molecular weight is 402 g/mol. The Hall–Kier alpha value is -1.14. The molecule has 0 bridgehead atoms. The monoisotopic (exact) mass is 401 g/mol. The molecule has 1 aliphatic rings. The van der Waals surface area contributed by atoms with Crippen LogP contribution in [0.2, 0.25) is 0 Å². The first kappa shape index (κ1) is 21.9. The van der Waals surface area contributed by atoms with Gasteiger partial charge in [0.2, 0.25) is 0 Å². The normalized spacial score (nSPS) is 14.5. The molecule has 2 heterocycles. The Labute approximate surface area is 165 Å². The number of hydrogen-bond acceptors (Lipinski definition) is 4. The van der Waals surface area contributed by atoms with Crippen LogP contribution >= 0.6 is 36.2 Å². The Balaban J connectivity index is 0.00000156. The lowest BCUT2D eigenvalue weighted by Crippen LogP contribution is -2.40. The van der Waals surface area contributed by atoms with E-state index < -0.39 is 0 Å². The zero-order valence-electron chi connectivity index (χ0n) is 14.3. The van der Waals surface area contributed by atoms with Crippen molar-refractivity contribution in [2.24, 2.45) is 5.92 Å². The molecule has 0 unspecified atom stereocenters. The van der Waals surface area contributed by atoms with Gasteiger partial charge in [0.25, 0.3) is 5.91 Å². The van der Waals surface area contributed by atoms with Crippen LogP contribution in [0.25, 0.3) is 0 Å². The number of amides is 1. The number of rotatable bonds is 5. The standard InChI is InChI=1S/C18H23N3OS.2ClH/c1-19-12-15-7-9-21(10-8-15)18(22)16-13-23-17(20-16)11-14-5-3-2-4-6-14;;/h2-6,13,15,19H,7-12H2,1H3;2*1H. The number of halogens is 2. The number of benzene rings is 1. The Morgan fingerprint density at radius 2 is 1.92 bits per heavy atom. The van der Waals surface area contributed by atoms with Gasteiger partial charge in [-0.15, -0.1) is 36.2 Å². The van der Waals surface area contributed by atoms with E-state index in [1.165, 1.54) is 5.56 Å². The van der Waals surface area contributed by atoms with Gasteiger partial charge in [0.05, 0.1) is 5.01 Å². The summed E-state index contributed by atoms with van der Waals surface area (Å²) in [4.78, 5) is 19.1. The fraction of sp³-hybridized carbons (Fsp3) is 0.444. The average Bonchev–Trinajstić information content (AvgIpc) is 3.05. The lowest BCUT2D eigenvalue weighted by molar-refractivity contribution is 0.0685. The molecular formula is C18H25Cl2N3OS. The number of carbonyl (C=O) groups is 1. The van der Waals surface area contributed by atoms with E-state index in [9.17, 15) is 4.79 Å². The summed E-state index contributed by atoms with van der Waals surface area (Å²) in [7, 11) is 1.99. The highest BCUT2D eigenvalue weighted by molar-refractivity contribution is 7.09. The molecule has 0 radical (unpaired) electrons. The van der Waals surface area contributed by atoms with Gasteiger partial charge in [-0.1, -0.05) is 30.3 Å². The third-order valence-corrected chi connectivity index (χ3v) is 5.21. The van der Waals surface area contributed by atoms with Crippen molar-refractivity contribution in [3.05, 3.63) is 52.0 Å². The van der Waals surface area contributed by atoms with Crippen LogP contribution in [-0.4, -0.2) is 42.5 Å². The molecule has 7 heteroatoms. The fourth-order valence-corrected chi connectivity index (χ4v) is 3.85. The van der Waals surface area contributed by atoms with E-state index in [4.69, 9.17) is 0 Å². The molecule has 0 aliphatic carbocycles. The maximum absolute atomic E-state index is 12.6. The first-order chi connectivity index (χ1) is 11.3. The molecule has 1 amide bonds. The van der Waals surface area contributed by atoms with Gasteiger partial charge in [0.1, 0.15) is 5.69 Å². The molecule has 0 atom stereocenters. The number of likely N-dealkylation sites (tertiary alicyclic amines) is 1. The molecule has 1 saturated heterocycles. The van der Waals surface area contributed by atoms with Gasteiger partial charge in [-0.3, -0.25) is 4.79 Å². The first-order valence-corrected chi connectivity index (χ1v) is 9.06. The van der Waals surface area contributed by atoms with Crippen LogP contribution in [0.3, 0.4) is 0 Å². The van der Waals surface area contributed by atoms with Crippen LogP contribution in [0.1, 0.15) is 33.9 Å². The lowest BCUT2D eigenvalue weighted by atomic mass is 9.97. The maximum atomic E-state index is 12.6. The number of nitrogens with one attached hydrogen (secondary N) is 1. The van der Waals surface area contributed by atoms with Crippen LogP contribution < -0.4 is 5.32 Å².